The molecule has 2 aromatic rings. The Bertz CT molecular complexity index is 821. The molecule has 7 nitrogen and oxygen atoms in total. The number of nitrogens with two attached hydrogens (primary N) is 1. The molecule has 1 aromatic heterocycles. The number of thiophene rings is 1. The summed E-state index contributed by atoms with van der Waals surface area (Å²) in [5.74, 6) is 0.0213. The molecule has 0 atom stereocenters. The number of halogens is 1. The summed E-state index contributed by atoms with van der Waals surface area (Å²) in [6, 6.07) is 9.05. The van der Waals surface area contributed by atoms with E-state index < -0.39 is 5.91 Å². The first-order valence-corrected chi connectivity index (χ1v) is 10.3. The van der Waals surface area contributed by atoms with Crippen molar-refractivity contribution in [3.8, 4) is 5.75 Å². The van der Waals surface area contributed by atoms with Crippen molar-refractivity contribution in [1.29, 1.82) is 0 Å². The van der Waals surface area contributed by atoms with Crippen LogP contribution in [0, 0.1) is 0 Å². The molecule has 3 N–H and O–H groups in total. The first-order valence-electron chi connectivity index (χ1n) is 9.02. The highest BCUT2D eigenvalue weighted by molar-refractivity contribution is 7.14. The first kappa shape index (κ1) is 20.6. The van der Waals surface area contributed by atoms with Crippen molar-refractivity contribution in [1.82, 2.24) is 9.80 Å². The zero-order valence-corrected chi connectivity index (χ0v) is 17.0. The van der Waals surface area contributed by atoms with Gasteiger partial charge in [0.05, 0.1) is 17.1 Å². The Morgan fingerprint density at radius 2 is 1.86 bits per heavy atom. The van der Waals surface area contributed by atoms with Crippen molar-refractivity contribution in [3.63, 3.8) is 0 Å². The van der Waals surface area contributed by atoms with Gasteiger partial charge in [-0.3, -0.25) is 19.4 Å². The lowest BCUT2D eigenvalue weighted by Gasteiger charge is -2.34. The van der Waals surface area contributed by atoms with Gasteiger partial charge in [-0.25, -0.2) is 0 Å². The van der Waals surface area contributed by atoms with Gasteiger partial charge in [-0.05, 0) is 23.6 Å². The van der Waals surface area contributed by atoms with Crippen LogP contribution in [0.4, 0.5) is 5.00 Å². The Balaban J connectivity index is 1.37. The second-order valence-electron chi connectivity index (χ2n) is 6.47. The van der Waals surface area contributed by atoms with E-state index in [4.69, 9.17) is 22.1 Å². The third-order valence-corrected chi connectivity index (χ3v) is 5.66. The predicted octanol–water partition coefficient (Wildman–Crippen LogP) is 2.14. The number of hydrogen-bond donors (Lipinski definition) is 2. The molecule has 0 aliphatic carbocycles. The molecular formula is C19H23ClN4O3S. The molecule has 2 amide bonds. The molecule has 1 fully saturated rings. The van der Waals surface area contributed by atoms with Crippen LogP contribution in [-0.4, -0.2) is 67.5 Å². The topological polar surface area (TPSA) is 87.9 Å². The number of ether oxygens (including phenoxy) is 1. The van der Waals surface area contributed by atoms with E-state index >= 15 is 0 Å². The van der Waals surface area contributed by atoms with Crippen LogP contribution < -0.4 is 15.8 Å². The number of anilines is 1. The number of carbonyl (C=O) groups excluding carboxylic acids is 2. The number of amides is 2. The minimum absolute atomic E-state index is 0.138. The number of carbonyl (C=O) groups is 2. The van der Waals surface area contributed by atoms with Crippen LogP contribution in [0.2, 0.25) is 5.02 Å². The summed E-state index contributed by atoms with van der Waals surface area (Å²) in [6.07, 6.45) is 0. The second-order valence-corrected chi connectivity index (χ2v) is 7.80. The molecule has 0 radical (unpaired) electrons. The van der Waals surface area contributed by atoms with Gasteiger partial charge in [0, 0.05) is 32.7 Å². The minimum atomic E-state index is -0.538. The number of nitrogens with one attached hydrogen (secondary N) is 1. The van der Waals surface area contributed by atoms with Gasteiger partial charge in [0.25, 0.3) is 5.91 Å². The normalized spacial score (nSPS) is 15.3. The minimum Gasteiger partial charge on any atom is -0.491 e. The highest BCUT2D eigenvalue weighted by atomic mass is 35.5. The lowest BCUT2D eigenvalue weighted by molar-refractivity contribution is -0.117. The number of benzene rings is 1. The zero-order chi connectivity index (χ0) is 19.9. The molecule has 1 saturated heterocycles. The molecule has 0 saturated carbocycles. The quantitative estimate of drug-likeness (QED) is 0.680. The standard InChI is InChI=1S/C19H23ClN4O3S/c20-15-3-1-2-4-16(15)27-11-10-23-6-8-24(9-7-23)13-17(25)22-19-14(18(21)26)5-12-28-19/h1-5,12H,6-11,13H2,(H2,21,26)(H,22,25). The summed E-state index contributed by atoms with van der Waals surface area (Å²) in [7, 11) is 0. The third kappa shape index (κ3) is 5.68. The molecule has 1 aromatic carbocycles. The second kappa shape index (κ2) is 9.88. The number of hydrogen-bond acceptors (Lipinski definition) is 6. The fourth-order valence-corrected chi connectivity index (χ4v) is 3.99. The van der Waals surface area contributed by atoms with Gasteiger partial charge in [0.2, 0.25) is 5.91 Å². The largest absolute Gasteiger partial charge is 0.491 e. The molecule has 3 rings (SSSR count). The van der Waals surface area contributed by atoms with Gasteiger partial charge in [-0.15, -0.1) is 11.3 Å². The van der Waals surface area contributed by atoms with Crippen LogP contribution in [0.1, 0.15) is 10.4 Å². The van der Waals surface area contributed by atoms with Gasteiger partial charge in [-0.2, -0.15) is 0 Å². The Labute approximate surface area is 173 Å². The maximum absolute atomic E-state index is 12.3. The van der Waals surface area contributed by atoms with Crippen LogP contribution in [0.25, 0.3) is 0 Å². The monoisotopic (exact) mass is 422 g/mol. The van der Waals surface area contributed by atoms with E-state index in [0.717, 1.165) is 32.7 Å². The van der Waals surface area contributed by atoms with E-state index in [1.807, 2.05) is 24.3 Å². The van der Waals surface area contributed by atoms with Crippen molar-refractivity contribution >= 4 is 39.8 Å². The van der Waals surface area contributed by atoms with Crippen molar-refractivity contribution in [2.45, 2.75) is 0 Å². The average Bonchev–Trinajstić information content (AvgIpc) is 3.13. The van der Waals surface area contributed by atoms with Crippen molar-refractivity contribution in [2.24, 2.45) is 5.73 Å². The number of nitrogens with zero attached hydrogens (tertiary/aromatic N) is 2. The SMILES string of the molecule is NC(=O)c1ccsc1NC(=O)CN1CCN(CCOc2ccccc2Cl)CC1. The van der Waals surface area contributed by atoms with Crippen molar-refractivity contribution < 1.29 is 14.3 Å². The molecule has 1 aliphatic heterocycles. The van der Waals surface area contributed by atoms with E-state index in [2.05, 4.69) is 15.1 Å². The Hall–Kier alpha value is -2.13. The molecule has 2 heterocycles. The van der Waals surface area contributed by atoms with Gasteiger partial charge in [-0.1, -0.05) is 23.7 Å². The Morgan fingerprint density at radius 1 is 1.14 bits per heavy atom. The predicted molar refractivity (Wildman–Crippen MR) is 111 cm³/mol. The fraction of sp³-hybridized carbons (Fsp3) is 0.368. The van der Waals surface area contributed by atoms with Crippen LogP contribution in [-0.2, 0) is 4.79 Å². The van der Waals surface area contributed by atoms with E-state index in [1.165, 1.54) is 11.3 Å². The highest BCUT2D eigenvalue weighted by Gasteiger charge is 2.20. The summed E-state index contributed by atoms with van der Waals surface area (Å²) in [4.78, 5) is 28.0. The molecular weight excluding hydrogens is 400 g/mol. The molecule has 1 aliphatic rings. The summed E-state index contributed by atoms with van der Waals surface area (Å²) >= 11 is 7.38. The first-order chi connectivity index (χ1) is 13.5. The third-order valence-electron chi connectivity index (χ3n) is 4.52. The van der Waals surface area contributed by atoms with E-state index in [-0.39, 0.29) is 5.91 Å². The number of para-hydroxylation sites is 1. The molecule has 0 bridgehead atoms. The van der Waals surface area contributed by atoms with E-state index in [0.29, 0.717) is 34.5 Å². The summed E-state index contributed by atoms with van der Waals surface area (Å²) in [5, 5.41) is 5.64. The van der Waals surface area contributed by atoms with Gasteiger partial charge < -0.3 is 15.8 Å². The lowest BCUT2D eigenvalue weighted by Crippen LogP contribution is -2.49. The van der Waals surface area contributed by atoms with Crippen LogP contribution >= 0.6 is 22.9 Å². The van der Waals surface area contributed by atoms with Crippen LogP contribution in [0.3, 0.4) is 0 Å². The molecule has 28 heavy (non-hydrogen) atoms. The smallest absolute Gasteiger partial charge is 0.251 e. The zero-order valence-electron chi connectivity index (χ0n) is 15.4. The van der Waals surface area contributed by atoms with Crippen LogP contribution in [0.15, 0.2) is 35.7 Å². The number of primary amides is 1. The van der Waals surface area contributed by atoms with Gasteiger partial charge in [0.1, 0.15) is 17.4 Å². The highest BCUT2D eigenvalue weighted by Crippen LogP contribution is 2.23. The Kier molecular flexibility index (Phi) is 7.27. The summed E-state index contributed by atoms with van der Waals surface area (Å²) in [6.45, 7) is 5.00. The van der Waals surface area contributed by atoms with Crippen molar-refractivity contribution in [2.75, 3.05) is 51.2 Å². The fourth-order valence-electron chi connectivity index (χ4n) is 2.99. The van der Waals surface area contributed by atoms with Crippen molar-refractivity contribution in [3.05, 3.63) is 46.3 Å². The summed E-state index contributed by atoms with van der Waals surface area (Å²) < 4.78 is 5.73. The molecule has 150 valence electrons. The van der Waals surface area contributed by atoms with E-state index in [1.54, 1.807) is 11.4 Å². The average molecular weight is 423 g/mol. The molecule has 9 heteroatoms. The maximum atomic E-state index is 12.3. The van der Waals surface area contributed by atoms with E-state index in [9.17, 15) is 9.59 Å². The maximum Gasteiger partial charge on any atom is 0.251 e. The van der Waals surface area contributed by atoms with Gasteiger partial charge >= 0.3 is 0 Å². The molecule has 0 unspecified atom stereocenters. The van der Waals surface area contributed by atoms with Crippen LogP contribution in [0.5, 0.6) is 5.75 Å². The lowest BCUT2D eigenvalue weighted by atomic mass is 10.3. The van der Waals surface area contributed by atoms with Gasteiger partial charge in [0.15, 0.2) is 0 Å². The number of piperazine rings is 1. The molecule has 0 spiro atoms. The number of rotatable bonds is 8. The summed E-state index contributed by atoms with van der Waals surface area (Å²) in [5.41, 5.74) is 5.65. The Morgan fingerprint density at radius 3 is 2.57 bits per heavy atom.